The van der Waals surface area contributed by atoms with Crippen LogP contribution in [-0.4, -0.2) is 126 Å². The topological polar surface area (TPSA) is 136 Å². The van der Waals surface area contributed by atoms with Gasteiger partial charge in [-0.15, -0.1) is 0 Å². The van der Waals surface area contributed by atoms with Crippen molar-refractivity contribution in [1.29, 1.82) is 0 Å². The second-order valence-electron chi connectivity index (χ2n) is 14.8. The summed E-state index contributed by atoms with van der Waals surface area (Å²) in [5.41, 5.74) is -1.34. The molecule has 4 rings (SSSR count). The number of aliphatic imine (C=N–C) groups is 1. The predicted octanol–water partition coefficient (Wildman–Crippen LogP) is 3.46. The van der Waals surface area contributed by atoms with Crippen LogP contribution >= 0.6 is 0 Å². The average Bonchev–Trinajstić information content (AvgIpc) is 3.15. The number of rotatable bonds is 5. The summed E-state index contributed by atoms with van der Waals surface area (Å²) in [6.45, 7) is 17.3. The van der Waals surface area contributed by atoms with E-state index in [4.69, 9.17) is 28.7 Å². The van der Waals surface area contributed by atoms with Crippen molar-refractivity contribution in [1.82, 2.24) is 9.80 Å². The number of ether oxygens (including phenoxy) is 5. The lowest BCUT2D eigenvalue weighted by Crippen LogP contribution is -2.60. The van der Waals surface area contributed by atoms with Crippen LogP contribution in [-0.2, 0) is 33.3 Å². The van der Waals surface area contributed by atoms with Crippen molar-refractivity contribution in [2.75, 3.05) is 27.7 Å². The maximum absolute atomic E-state index is 14.1. The normalized spacial score (nSPS) is 45.9. The van der Waals surface area contributed by atoms with E-state index in [2.05, 4.69) is 6.92 Å². The summed E-state index contributed by atoms with van der Waals surface area (Å²) in [6, 6.07) is -0.871. The van der Waals surface area contributed by atoms with Gasteiger partial charge in [-0.1, -0.05) is 27.7 Å². The van der Waals surface area contributed by atoms with Crippen LogP contribution < -0.4 is 0 Å². The number of carbonyl (C=O) groups excluding carboxylic acids is 3. The van der Waals surface area contributed by atoms with Gasteiger partial charge in [-0.2, -0.15) is 0 Å². The van der Waals surface area contributed by atoms with E-state index in [1.165, 1.54) is 6.92 Å². The molecular weight excluding hydrogens is 594 g/mol. The smallest absolute Gasteiger partial charge is 0.411 e. The van der Waals surface area contributed by atoms with Crippen LogP contribution in [0.5, 0.6) is 0 Å². The second kappa shape index (κ2) is 13.8. The quantitative estimate of drug-likeness (QED) is 0.348. The molecule has 0 aromatic rings. The zero-order valence-corrected chi connectivity index (χ0v) is 29.8. The van der Waals surface area contributed by atoms with Crippen LogP contribution in [0, 0.1) is 23.7 Å². The maximum Gasteiger partial charge on any atom is 0.411 e. The molecule has 0 radical (unpaired) electrons. The van der Waals surface area contributed by atoms with E-state index in [0.717, 1.165) is 5.71 Å². The summed E-state index contributed by atoms with van der Waals surface area (Å²) in [5.74, 6) is -3.46. The van der Waals surface area contributed by atoms with Gasteiger partial charge in [0.15, 0.2) is 17.7 Å². The molecule has 1 amide bonds. The van der Waals surface area contributed by atoms with E-state index in [1.807, 2.05) is 60.5 Å². The molecule has 0 aromatic carbocycles. The minimum atomic E-state index is -1.16. The van der Waals surface area contributed by atoms with Crippen LogP contribution in [0.2, 0.25) is 0 Å². The minimum absolute atomic E-state index is 0.163. The number of Topliss-reactive ketones (excluding diaryl/α,β-unsaturated/α-hetero) is 1. The van der Waals surface area contributed by atoms with E-state index in [9.17, 15) is 19.5 Å². The van der Waals surface area contributed by atoms with Gasteiger partial charge >= 0.3 is 12.1 Å². The van der Waals surface area contributed by atoms with E-state index >= 15 is 0 Å². The number of nitrogens with zero attached hydrogens (tertiary/aromatic N) is 3. The molecule has 0 unspecified atom stereocenters. The molecule has 4 aliphatic heterocycles. The van der Waals surface area contributed by atoms with Crippen molar-refractivity contribution >= 4 is 23.6 Å². The van der Waals surface area contributed by atoms with Gasteiger partial charge in [-0.25, -0.2) is 4.79 Å². The van der Waals surface area contributed by atoms with Gasteiger partial charge < -0.3 is 33.7 Å². The Hall–Kier alpha value is -2.12. The van der Waals surface area contributed by atoms with Crippen molar-refractivity contribution in [2.24, 2.45) is 28.7 Å². The Labute approximate surface area is 274 Å². The molecule has 262 valence electrons. The minimum Gasteiger partial charge on any atom is -0.458 e. The number of ketones is 1. The van der Waals surface area contributed by atoms with Crippen molar-refractivity contribution in [3.63, 3.8) is 0 Å². The van der Waals surface area contributed by atoms with Gasteiger partial charge in [0.25, 0.3) is 0 Å². The summed E-state index contributed by atoms with van der Waals surface area (Å²) in [5, 5.41) is 11.4. The Balaban J connectivity index is 1.83. The third-order valence-electron chi connectivity index (χ3n) is 11.0. The molecular formula is C34H57N3O9. The lowest BCUT2D eigenvalue weighted by Gasteiger charge is -2.47. The fourth-order valence-corrected chi connectivity index (χ4v) is 8.50. The fraction of sp³-hybridized carbons (Fsp3) is 0.882. The summed E-state index contributed by atoms with van der Waals surface area (Å²) in [7, 11) is 5.39. The molecule has 0 aromatic heterocycles. The molecule has 0 aliphatic carbocycles. The number of aliphatic hydroxyl groups excluding tert-OH is 1. The molecule has 1 N–H and O–H groups in total. The number of methoxy groups -OCH3 is 1. The number of likely N-dealkylation sites (N-methyl/N-ethyl adjacent to an activating group) is 1. The molecule has 4 aliphatic rings. The molecule has 0 saturated carbocycles. The van der Waals surface area contributed by atoms with Crippen LogP contribution in [0.3, 0.4) is 0 Å². The summed E-state index contributed by atoms with van der Waals surface area (Å²) < 4.78 is 31.2. The number of hydrogen-bond acceptors (Lipinski definition) is 11. The first-order valence-electron chi connectivity index (χ1n) is 16.9. The van der Waals surface area contributed by atoms with Gasteiger partial charge in [-0.05, 0) is 73.9 Å². The van der Waals surface area contributed by atoms with E-state index in [1.54, 1.807) is 18.9 Å². The van der Waals surface area contributed by atoms with Gasteiger partial charge in [-0.3, -0.25) is 19.5 Å². The summed E-state index contributed by atoms with van der Waals surface area (Å²) >= 11 is 0. The first kappa shape index (κ1) is 36.7. The van der Waals surface area contributed by atoms with Crippen LogP contribution in [0.4, 0.5) is 4.79 Å². The van der Waals surface area contributed by atoms with Crippen molar-refractivity contribution < 1.29 is 43.2 Å². The molecule has 3 saturated heterocycles. The van der Waals surface area contributed by atoms with Crippen LogP contribution in [0.25, 0.3) is 0 Å². The fourth-order valence-electron chi connectivity index (χ4n) is 8.50. The number of amides is 1. The van der Waals surface area contributed by atoms with Gasteiger partial charge in [0.2, 0.25) is 0 Å². The first-order chi connectivity index (χ1) is 21.4. The highest BCUT2D eigenvalue weighted by Crippen LogP contribution is 2.44. The molecule has 12 heteroatoms. The highest BCUT2D eigenvalue weighted by molar-refractivity contribution is 6.00. The lowest BCUT2D eigenvalue weighted by atomic mass is 9.73. The Bertz CT molecular complexity index is 1180. The molecule has 2 bridgehead atoms. The zero-order chi connectivity index (χ0) is 34.5. The molecule has 46 heavy (non-hydrogen) atoms. The van der Waals surface area contributed by atoms with Gasteiger partial charge in [0, 0.05) is 37.2 Å². The van der Waals surface area contributed by atoms with Gasteiger partial charge in [0.1, 0.15) is 18.1 Å². The number of esters is 1. The largest absolute Gasteiger partial charge is 0.458 e. The molecule has 3 fully saturated rings. The SMILES string of the molecule is CC[C@H]1OC(=O)[C@H](C)C(=O)[C@H](C)[C@@H](O[C@@H]2O[C@H](C)C[C@H](N(C)C)[C@H]2O)[C@](C)(OC)C[C@@H](C)C2=N[C@H](C)CN3C(=O)O[C@@]1(C)[C@H]3[C@H]2C. The summed E-state index contributed by atoms with van der Waals surface area (Å²) in [6.07, 6.45) is -2.95. The highest BCUT2D eigenvalue weighted by Gasteiger charge is 2.60. The monoisotopic (exact) mass is 651 g/mol. The van der Waals surface area contributed by atoms with Gasteiger partial charge in [0.05, 0.1) is 29.9 Å². The Morgan fingerprint density at radius 2 is 1.72 bits per heavy atom. The Morgan fingerprint density at radius 1 is 1.07 bits per heavy atom. The molecule has 4 heterocycles. The first-order valence-corrected chi connectivity index (χ1v) is 16.9. The van der Waals surface area contributed by atoms with E-state index < -0.39 is 65.7 Å². The number of carbonyl (C=O) groups is 3. The number of hydrogen-bond donors (Lipinski definition) is 1. The van der Waals surface area contributed by atoms with Crippen molar-refractivity contribution in [3.8, 4) is 0 Å². The third kappa shape index (κ3) is 6.61. The predicted molar refractivity (Wildman–Crippen MR) is 171 cm³/mol. The Morgan fingerprint density at radius 3 is 2.30 bits per heavy atom. The number of aliphatic hydroxyl groups is 1. The Kier molecular flexibility index (Phi) is 11.0. The zero-order valence-electron chi connectivity index (χ0n) is 29.8. The van der Waals surface area contributed by atoms with Crippen molar-refractivity contribution in [2.45, 2.75) is 142 Å². The van der Waals surface area contributed by atoms with Crippen LogP contribution in [0.15, 0.2) is 4.99 Å². The molecule has 12 nitrogen and oxygen atoms in total. The third-order valence-corrected chi connectivity index (χ3v) is 11.0. The van der Waals surface area contributed by atoms with Crippen molar-refractivity contribution in [3.05, 3.63) is 0 Å². The second-order valence-corrected chi connectivity index (χ2v) is 14.8. The maximum atomic E-state index is 14.1. The van der Waals surface area contributed by atoms with Crippen LogP contribution in [0.1, 0.15) is 81.6 Å². The van der Waals surface area contributed by atoms with E-state index in [-0.39, 0.29) is 35.8 Å². The van der Waals surface area contributed by atoms with E-state index in [0.29, 0.717) is 25.8 Å². The lowest BCUT2D eigenvalue weighted by molar-refractivity contribution is -0.295. The number of cyclic esters (lactones) is 1. The average molecular weight is 652 g/mol. The standard InChI is InChI=1S/C34H57N3O9/c1-13-24-34(9)28-20(5)25(35-18(3)16-37(28)32(41)46-34)17(2)15-33(8,42-12)29(21(6)26(38)22(7)30(40)44-24)45-31-27(39)23(36(10)11)14-19(4)43-31/h17-24,27-29,31,39H,13-16H2,1-12H3/t17-,18-,19-,20+,21+,22-,23+,24-,27-,28-,29-,31+,33-,34-/m1/s1. The molecule has 14 atom stereocenters. The highest BCUT2D eigenvalue weighted by atomic mass is 16.7. The summed E-state index contributed by atoms with van der Waals surface area (Å²) in [4.78, 5) is 50.0. The number of fused-ring (bicyclic) bond motifs is 1. The molecule has 0 spiro atoms.